The lowest BCUT2D eigenvalue weighted by molar-refractivity contribution is 0.609. The van der Waals surface area contributed by atoms with Crippen LogP contribution in [-0.4, -0.2) is 25.7 Å². The Bertz CT molecular complexity index is 845. The Morgan fingerprint density at radius 1 is 1.56 bits per heavy atom. The summed E-state index contributed by atoms with van der Waals surface area (Å²) < 4.78 is 15.2. The number of allylic oxidation sites excluding steroid dienone is 1. The number of aliphatic imine (C=N–C) groups is 1. The van der Waals surface area contributed by atoms with E-state index >= 15 is 0 Å². The van der Waals surface area contributed by atoms with Crippen LogP contribution in [0.2, 0.25) is 0 Å². The Morgan fingerprint density at radius 3 is 2.96 bits per heavy atom. The number of halogens is 1. The molecule has 0 saturated heterocycles. The first-order valence-electron chi connectivity index (χ1n) is 7.63. The Labute approximate surface area is 145 Å². The van der Waals surface area contributed by atoms with Crippen molar-refractivity contribution in [2.45, 2.75) is 26.8 Å². The van der Waals surface area contributed by atoms with E-state index in [0.717, 1.165) is 18.2 Å². The average Bonchev–Trinajstić information content (AvgIpc) is 3.12. The van der Waals surface area contributed by atoms with Crippen LogP contribution in [0.1, 0.15) is 24.6 Å². The SMILES string of the molecule is C=C/C(=C\N=C(\CC)Cn1ccnn1)Nc1nc(C)c(F)cc1C#N. The summed E-state index contributed by atoms with van der Waals surface area (Å²) >= 11 is 0. The quantitative estimate of drug-likeness (QED) is 0.618. The zero-order valence-electron chi connectivity index (χ0n) is 14.1. The zero-order valence-corrected chi connectivity index (χ0v) is 14.1. The first kappa shape index (κ1) is 18.0. The Kier molecular flexibility index (Phi) is 6.12. The van der Waals surface area contributed by atoms with Crippen LogP contribution in [0.3, 0.4) is 0 Å². The number of nitrogens with zero attached hydrogens (tertiary/aromatic N) is 6. The van der Waals surface area contributed by atoms with Gasteiger partial charge in [0.2, 0.25) is 0 Å². The molecule has 0 radical (unpaired) electrons. The van der Waals surface area contributed by atoms with Gasteiger partial charge in [-0.15, -0.1) is 5.10 Å². The lowest BCUT2D eigenvalue weighted by Gasteiger charge is -2.09. The van der Waals surface area contributed by atoms with Gasteiger partial charge in [0.1, 0.15) is 17.7 Å². The molecule has 0 aliphatic carbocycles. The minimum absolute atomic E-state index is 0.109. The molecule has 8 heteroatoms. The maximum absolute atomic E-state index is 13.5. The van der Waals surface area contributed by atoms with Crippen LogP contribution in [0.4, 0.5) is 10.2 Å². The van der Waals surface area contributed by atoms with Gasteiger partial charge >= 0.3 is 0 Å². The van der Waals surface area contributed by atoms with Gasteiger partial charge < -0.3 is 5.32 Å². The summed E-state index contributed by atoms with van der Waals surface area (Å²) in [5, 5.41) is 19.8. The summed E-state index contributed by atoms with van der Waals surface area (Å²) in [5.74, 6) is -0.262. The third-order valence-corrected chi connectivity index (χ3v) is 3.37. The zero-order chi connectivity index (χ0) is 18.2. The van der Waals surface area contributed by atoms with E-state index in [-0.39, 0.29) is 17.1 Å². The first-order valence-corrected chi connectivity index (χ1v) is 7.63. The van der Waals surface area contributed by atoms with Crippen LogP contribution in [0.25, 0.3) is 0 Å². The number of nitrogens with one attached hydrogen (secondary N) is 1. The molecule has 0 aromatic carbocycles. The highest BCUT2D eigenvalue weighted by Gasteiger charge is 2.09. The number of hydrogen-bond acceptors (Lipinski definition) is 6. The molecule has 0 bridgehead atoms. The van der Waals surface area contributed by atoms with Crippen molar-refractivity contribution in [2.24, 2.45) is 4.99 Å². The molecule has 1 N–H and O–H groups in total. The maximum atomic E-state index is 13.5. The monoisotopic (exact) mass is 339 g/mol. The molecular formula is C17H18FN7. The Balaban J connectivity index is 2.23. The predicted octanol–water partition coefficient (Wildman–Crippen LogP) is 2.98. The van der Waals surface area contributed by atoms with Gasteiger partial charge in [0.05, 0.1) is 35.9 Å². The molecule has 25 heavy (non-hydrogen) atoms. The number of aromatic nitrogens is 4. The van der Waals surface area contributed by atoms with Gasteiger partial charge in [-0.2, -0.15) is 5.26 Å². The van der Waals surface area contributed by atoms with Crippen LogP contribution >= 0.6 is 0 Å². The van der Waals surface area contributed by atoms with E-state index in [1.165, 1.54) is 6.92 Å². The summed E-state index contributed by atoms with van der Waals surface area (Å²) in [6.45, 7) is 7.76. The number of pyridine rings is 1. The molecule has 2 aromatic heterocycles. The average molecular weight is 339 g/mol. The highest BCUT2D eigenvalue weighted by Crippen LogP contribution is 2.17. The molecule has 0 aliphatic heterocycles. The summed E-state index contributed by atoms with van der Waals surface area (Å²) in [5.41, 5.74) is 1.74. The molecule has 2 rings (SSSR count). The van der Waals surface area contributed by atoms with Crippen molar-refractivity contribution in [3.63, 3.8) is 0 Å². The third kappa shape index (κ3) is 4.81. The molecule has 0 spiro atoms. The molecule has 0 fully saturated rings. The van der Waals surface area contributed by atoms with Crippen molar-refractivity contribution >= 4 is 11.5 Å². The number of hydrogen-bond donors (Lipinski definition) is 1. The number of rotatable bonds is 7. The second kappa shape index (κ2) is 8.49. The van der Waals surface area contributed by atoms with Crippen LogP contribution in [0.5, 0.6) is 0 Å². The van der Waals surface area contributed by atoms with Crippen molar-refractivity contribution in [2.75, 3.05) is 5.32 Å². The Morgan fingerprint density at radius 2 is 2.36 bits per heavy atom. The van der Waals surface area contributed by atoms with Gasteiger partial charge in [0.25, 0.3) is 0 Å². The first-order chi connectivity index (χ1) is 12.1. The van der Waals surface area contributed by atoms with Gasteiger partial charge in [0, 0.05) is 11.9 Å². The fourth-order valence-electron chi connectivity index (χ4n) is 1.94. The second-order valence-corrected chi connectivity index (χ2v) is 5.13. The molecule has 2 heterocycles. The van der Waals surface area contributed by atoms with Gasteiger partial charge in [-0.3, -0.25) is 4.99 Å². The predicted molar refractivity (Wildman–Crippen MR) is 93.3 cm³/mol. The lowest BCUT2D eigenvalue weighted by atomic mass is 10.2. The third-order valence-electron chi connectivity index (χ3n) is 3.37. The fraction of sp³-hybridized carbons (Fsp3) is 0.235. The van der Waals surface area contributed by atoms with Crippen molar-refractivity contribution < 1.29 is 4.39 Å². The Hall–Kier alpha value is -3.34. The van der Waals surface area contributed by atoms with Gasteiger partial charge in [0.15, 0.2) is 0 Å². The number of aryl methyl sites for hydroxylation is 1. The molecule has 2 aromatic rings. The minimum atomic E-state index is -0.523. The van der Waals surface area contributed by atoms with E-state index in [0.29, 0.717) is 12.2 Å². The molecule has 0 atom stereocenters. The number of anilines is 1. The normalized spacial score (nSPS) is 11.9. The molecule has 0 amide bonds. The second-order valence-electron chi connectivity index (χ2n) is 5.13. The van der Waals surface area contributed by atoms with Crippen molar-refractivity contribution in [1.29, 1.82) is 5.26 Å². The summed E-state index contributed by atoms with van der Waals surface area (Å²) in [6, 6.07) is 3.07. The standard InChI is InChI=1S/C17H18FN7/c1-4-14(10-20-15(5-2)11-25-7-6-21-24-25)23-17-13(9-19)8-16(18)12(3)22-17/h4,6-8,10H,1,5,11H2,2-3H3,(H,22,23)/b14-10+,20-15-. The van der Waals surface area contributed by atoms with E-state index in [1.54, 1.807) is 29.4 Å². The molecule has 0 aliphatic rings. The number of nitriles is 1. The molecule has 128 valence electrons. The van der Waals surface area contributed by atoms with Crippen molar-refractivity contribution in [1.82, 2.24) is 20.0 Å². The van der Waals surface area contributed by atoms with Crippen LogP contribution in [-0.2, 0) is 6.54 Å². The van der Waals surface area contributed by atoms with Crippen LogP contribution < -0.4 is 5.32 Å². The van der Waals surface area contributed by atoms with Gasteiger partial charge in [-0.25, -0.2) is 14.1 Å². The van der Waals surface area contributed by atoms with Crippen LogP contribution in [0, 0.1) is 24.1 Å². The maximum Gasteiger partial charge on any atom is 0.148 e. The van der Waals surface area contributed by atoms with E-state index in [9.17, 15) is 4.39 Å². The van der Waals surface area contributed by atoms with E-state index in [4.69, 9.17) is 5.26 Å². The van der Waals surface area contributed by atoms with Crippen molar-refractivity contribution in [3.05, 3.63) is 60.1 Å². The van der Waals surface area contributed by atoms with Gasteiger partial charge in [-0.05, 0) is 25.5 Å². The van der Waals surface area contributed by atoms with E-state index in [2.05, 4.69) is 32.2 Å². The topological polar surface area (TPSA) is 91.8 Å². The van der Waals surface area contributed by atoms with Crippen molar-refractivity contribution in [3.8, 4) is 6.07 Å². The molecule has 0 unspecified atom stereocenters. The molecule has 7 nitrogen and oxygen atoms in total. The molecular weight excluding hydrogens is 321 g/mol. The smallest absolute Gasteiger partial charge is 0.148 e. The summed E-state index contributed by atoms with van der Waals surface area (Å²) in [6.07, 6.45) is 7.23. The summed E-state index contributed by atoms with van der Waals surface area (Å²) in [4.78, 5) is 8.50. The van der Waals surface area contributed by atoms with E-state index < -0.39 is 5.82 Å². The molecule has 0 saturated carbocycles. The van der Waals surface area contributed by atoms with Crippen LogP contribution in [0.15, 0.2) is 48.0 Å². The summed E-state index contributed by atoms with van der Waals surface area (Å²) in [7, 11) is 0. The fourth-order valence-corrected chi connectivity index (χ4v) is 1.94. The largest absolute Gasteiger partial charge is 0.338 e. The highest BCUT2D eigenvalue weighted by molar-refractivity contribution is 5.84. The van der Waals surface area contributed by atoms with Gasteiger partial charge in [-0.1, -0.05) is 18.7 Å². The highest BCUT2D eigenvalue weighted by atomic mass is 19.1. The lowest BCUT2D eigenvalue weighted by Crippen LogP contribution is -2.10. The van der Waals surface area contributed by atoms with E-state index in [1.807, 2.05) is 13.0 Å². The minimum Gasteiger partial charge on any atom is -0.338 e.